The first-order valence-corrected chi connectivity index (χ1v) is 13.0. The maximum Gasteiger partial charge on any atom is 0.306 e. The monoisotopic (exact) mass is 480 g/mol. The number of carboxylic acid groups (broad SMARTS) is 1. The van der Waals surface area contributed by atoms with Crippen LogP contribution in [0.15, 0.2) is 41.8 Å². The van der Waals surface area contributed by atoms with Gasteiger partial charge in [-0.1, -0.05) is 19.1 Å². The minimum Gasteiger partial charge on any atom is -0.481 e. The van der Waals surface area contributed by atoms with Gasteiger partial charge in [-0.25, -0.2) is 0 Å². The number of benzene rings is 1. The lowest BCUT2D eigenvalue weighted by Crippen LogP contribution is -2.34. The van der Waals surface area contributed by atoms with E-state index in [4.69, 9.17) is 0 Å². The van der Waals surface area contributed by atoms with Crippen molar-refractivity contribution in [1.29, 1.82) is 0 Å². The molecule has 0 atom stereocenters. The summed E-state index contributed by atoms with van der Waals surface area (Å²) in [4.78, 5) is 39.8. The van der Waals surface area contributed by atoms with Gasteiger partial charge in [-0.15, -0.1) is 11.3 Å². The third kappa shape index (κ3) is 5.09. The number of aliphatic carboxylic acids is 1. The first-order chi connectivity index (χ1) is 16.4. The van der Waals surface area contributed by atoms with Crippen LogP contribution in [0.2, 0.25) is 0 Å². The molecule has 1 aliphatic rings. The van der Waals surface area contributed by atoms with E-state index in [1.807, 2.05) is 41.1 Å². The molecule has 180 valence electrons. The molecule has 0 unspecified atom stereocenters. The van der Waals surface area contributed by atoms with Gasteiger partial charge in [-0.3, -0.25) is 14.4 Å². The fourth-order valence-corrected chi connectivity index (χ4v) is 5.85. The van der Waals surface area contributed by atoms with Gasteiger partial charge in [0.1, 0.15) is 6.54 Å². The third-order valence-electron chi connectivity index (χ3n) is 7.02. The van der Waals surface area contributed by atoms with Crippen molar-refractivity contribution in [3.63, 3.8) is 0 Å². The summed E-state index contributed by atoms with van der Waals surface area (Å²) < 4.78 is 2.87. The molecular formula is C27H32N2O4S. The number of aryl methyl sites for hydroxylation is 1. The number of amides is 1. The molecule has 0 radical (unpaired) electrons. The minimum absolute atomic E-state index is 0.0333. The van der Waals surface area contributed by atoms with E-state index in [1.165, 1.54) is 5.56 Å². The number of hydrogen-bond donors (Lipinski definition) is 1. The van der Waals surface area contributed by atoms with Crippen LogP contribution in [0.1, 0.15) is 62.0 Å². The number of carbonyl (C=O) groups excluding carboxylic acids is 2. The number of hydrogen-bond acceptors (Lipinski definition) is 4. The lowest BCUT2D eigenvalue weighted by Gasteiger charge is -2.26. The molecular weight excluding hydrogens is 448 g/mol. The second-order valence-corrected chi connectivity index (χ2v) is 10.1. The van der Waals surface area contributed by atoms with Crippen molar-refractivity contribution >= 4 is 44.9 Å². The fourth-order valence-electron chi connectivity index (χ4n) is 5.03. The van der Waals surface area contributed by atoms with Gasteiger partial charge in [0.25, 0.3) is 0 Å². The normalized spacial score (nSPS) is 18.2. The molecule has 6 nitrogen and oxygen atoms in total. The topological polar surface area (TPSA) is 79.6 Å². The highest BCUT2D eigenvalue weighted by molar-refractivity contribution is 7.17. The zero-order valence-electron chi connectivity index (χ0n) is 19.8. The van der Waals surface area contributed by atoms with Gasteiger partial charge < -0.3 is 14.6 Å². The van der Waals surface area contributed by atoms with Crippen molar-refractivity contribution in [2.45, 2.75) is 58.9 Å². The standard InChI is InChI=1S/C27H32N2O4S/c1-3-18-6-5-7-21(14-18)28(4-2)26(31)17-29-22-12-13-34-25(22)16-23(29)24(30)15-19-8-10-20(11-9-19)27(32)33/h5-7,12-14,16,19-20H,3-4,8-11,15,17H2,1-2H3,(H,32,33). The van der Waals surface area contributed by atoms with Crippen LogP contribution in [-0.2, 0) is 22.6 Å². The molecule has 0 saturated heterocycles. The maximum absolute atomic E-state index is 13.4. The van der Waals surface area contributed by atoms with Crippen LogP contribution in [0.25, 0.3) is 10.2 Å². The van der Waals surface area contributed by atoms with Crippen molar-refractivity contribution in [2.24, 2.45) is 11.8 Å². The highest BCUT2D eigenvalue weighted by Gasteiger charge is 2.29. The van der Waals surface area contributed by atoms with Crippen molar-refractivity contribution in [3.8, 4) is 0 Å². The molecule has 1 aliphatic carbocycles. The summed E-state index contributed by atoms with van der Waals surface area (Å²) in [5.41, 5.74) is 3.55. The molecule has 1 amide bonds. The summed E-state index contributed by atoms with van der Waals surface area (Å²) in [5, 5.41) is 11.2. The highest BCUT2D eigenvalue weighted by Crippen LogP contribution is 2.33. The summed E-state index contributed by atoms with van der Waals surface area (Å²) in [6, 6.07) is 11.9. The van der Waals surface area contributed by atoms with Crippen LogP contribution in [0.3, 0.4) is 0 Å². The number of ketones is 1. The second kappa shape index (κ2) is 10.6. The zero-order chi connectivity index (χ0) is 24.2. The van der Waals surface area contributed by atoms with E-state index in [1.54, 1.807) is 16.2 Å². The molecule has 0 aliphatic heterocycles. The smallest absolute Gasteiger partial charge is 0.306 e. The average molecular weight is 481 g/mol. The summed E-state index contributed by atoms with van der Waals surface area (Å²) in [6.07, 6.45) is 4.07. The number of carbonyl (C=O) groups is 3. The number of fused-ring (bicyclic) bond motifs is 1. The first kappa shape index (κ1) is 24.2. The second-order valence-electron chi connectivity index (χ2n) is 9.13. The Morgan fingerprint density at radius 1 is 1.09 bits per heavy atom. The Hall–Kier alpha value is -2.93. The molecule has 2 aromatic heterocycles. The molecule has 1 aromatic carbocycles. The van der Waals surface area contributed by atoms with Crippen molar-refractivity contribution in [3.05, 3.63) is 53.0 Å². The number of anilines is 1. The Balaban J connectivity index is 1.53. The van der Waals surface area contributed by atoms with Crippen LogP contribution < -0.4 is 4.90 Å². The van der Waals surface area contributed by atoms with E-state index in [0.29, 0.717) is 31.5 Å². The number of aromatic nitrogens is 1. The van der Waals surface area contributed by atoms with E-state index < -0.39 is 5.97 Å². The Kier molecular flexibility index (Phi) is 7.51. The van der Waals surface area contributed by atoms with Crippen LogP contribution in [0.4, 0.5) is 5.69 Å². The van der Waals surface area contributed by atoms with Gasteiger partial charge >= 0.3 is 5.97 Å². The third-order valence-corrected chi connectivity index (χ3v) is 7.87. The van der Waals surface area contributed by atoms with E-state index in [0.717, 1.165) is 35.2 Å². The summed E-state index contributed by atoms with van der Waals surface area (Å²) in [7, 11) is 0. The summed E-state index contributed by atoms with van der Waals surface area (Å²) >= 11 is 1.57. The first-order valence-electron chi connectivity index (χ1n) is 12.1. The van der Waals surface area contributed by atoms with Gasteiger partial charge in [0.2, 0.25) is 5.91 Å². The molecule has 3 aromatic rings. The quantitative estimate of drug-likeness (QED) is 0.394. The Morgan fingerprint density at radius 3 is 2.53 bits per heavy atom. The van der Waals surface area contributed by atoms with Gasteiger partial charge in [-0.2, -0.15) is 0 Å². The average Bonchev–Trinajstić information content (AvgIpc) is 3.43. The number of nitrogens with zero attached hydrogens (tertiary/aromatic N) is 2. The molecule has 1 fully saturated rings. The van der Waals surface area contributed by atoms with Gasteiger partial charge in [0.05, 0.1) is 21.8 Å². The SMILES string of the molecule is CCc1cccc(N(CC)C(=O)Cn2c(C(=O)CC3CCC(C(=O)O)CC3)cc3sccc32)c1. The van der Waals surface area contributed by atoms with Crippen LogP contribution in [-0.4, -0.2) is 33.9 Å². The van der Waals surface area contributed by atoms with Crippen molar-refractivity contribution < 1.29 is 19.5 Å². The molecule has 1 saturated carbocycles. The Bertz CT molecular complexity index is 1190. The fraction of sp³-hybridized carbons (Fsp3) is 0.444. The Labute approximate surface area is 204 Å². The maximum atomic E-state index is 13.4. The minimum atomic E-state index is -0.734. The zero-order valence-corrected chi connectivity index (χ0v) is 20.6. The summed E-state index contributed by atoms with van der Waals surface area (Å²) in [5.74, 6) is -0.836. The van der Waals surface area contributed by atoms with Crippen LogP contribution >= 0.6 is 11.3 Å². The number of rotatable bonds is 9. The number of carboxylic acids is 1. The molecule has 4 rings (SSSR count). The van der Waals surface area contributed by atoms with Crippen LogP contribution in [0.5, 0.6) is 0 Å². The summed E-state index contributed by atoms with van der Waals surface area (Å²) in [6.45, 7) is 4.72. The van der Waals surface area contributed by atoms with E-state index in [9.17, 15) is 19.5 Å². The van der Waals surface area contributed by atoms with Gasteiger partial charge in [0, 0.05) is 18.7 Å². The molecule has 7 heteroatoms. The molecule has 34 heavy (non-hydrogen) atoms. The van der Waals surface area contributed by atoms with Gasteiger partial charge in [-0.05, 0) is 80.2 Å². The number of thiophene rings is 1. The molecule has 0 bridgehead atoms. The number of likely N-dealkylation sites (N-methyl/N-ethyl adjacent to an activating group) is 1. The predicted octanol–water partition coefficient (Wildman–Crippen LogP) is 5.78. The van der Waals surface area contributed by atoms with E-state index in [-0.39, 0.29) is 30.1 Å². The Morgan fingerprint density at radius 2 is 1.85 bits per heavy atom. The lowest BCUT2D eigenvalue weighted by atomic mass is 9.79. The highest BCUT2D eigenvalue weighted by atomic mass is 32.1. The molecule has 0 spiro atoms. The van der Waals surface area contributed by atoms with E-state index >= 15 is 0 Å². The lowest BCUT2D eigenvalue weighted by molar-refractivity contribution is -0.143. The van der Waals surface area contributed by atoms with Crippen LogP contribution in [0, 0.1) is 11.8 Å². The number of Topliss-reactive ketones (excluding diaryl/α,β-unsaturated/α-hetero) is 1. The van der Waals surface area contributed by atoms with E-state index in [2.05, 4.69) is 19.1 Å². The van der Waals surface area contributed by atoms with Crippen molar-refractivity contribution in [2.75, 3.05) is 11.4 Å². The predicted molar refractivity (Wildman–Crippen MR) is 136 cm³/mol. The largest absolute Gasteiger partial charge is 0.481 e. The van der Waals surface area contributed by atoms with Gasteiger partial charge in [0.15, 0.2) is 5.78 Å². The van der Waals surface area contributed by atoms with Crippen molar-refractivity contribution in [1.82, 2.24) is 4.57 Å². The molecule has 2 heterocycles. The molecule has 1 N–H and O–H groups in total.